The van der Waals surface area contributed by atoms with E-state index in [2.05, 4.69) is 9.31 Å². The lowest BCUT2D eigenvalue weighted by Crippen LogP contribution is -2.47. The van der Waals surface area contributed by atoms with Crippen molar-refractivity contribution >= 4 is 11.5 Å². The van der Waals surface area contributed by atoms with Gasteiger partial charge in [-0.25, -0.2) is 0 Å². The van der Waals surface area contributed by atoms with Gasteiger partial charge >= 0.3 is 6.61 Å². The molecule has 2 aromatic carbocycles. The van der Waals surface area contributed by atoms with Gasteiger partial charge < -0.3 is 9.84 Å². The number of hydrogen-bond acceptors (Lipinski definition) is 3. The van der Waals surface area contributed by atoms with Crippen molar-refractivity contribution in [2.45, 2.75) is 44.9 Å². The summed E-state index contributed by atoms with van der Waals surface area (Å²) in [5, 5.41) is 11.8. The first-order valence-electron chi connectivity index (χ1n) is 9.73. The van der Waals surface area contributed by atoms with Gasteiger partial charge in [0.1, 0.15) is 11.4 Å². The third-order valence-corrected chi connectivity index (χ3v) is 5.57. The average molecular weight is 387 g/mol. The van der Waals surface area contributed by atoms with Crippen LogP contribution in [-0.2, 0) is 5.72 Å². The van der Waals surface area contributed by atoms with Gasteiger partial charge in [0.25, 0.3) is 11.6 Å². The maximum atomic E-state index is 12.5. The second-order valence-corrected chi connectivity index (χ2v) is 7.54. The van der Waals surface area contributed by atoms with E-state index in [0.29, 0.717) is 12.1 Å². The monoisotopic (exact) mass is 387 g/mol. The zero-order valence-corrected chi connectivity index (χ0v) is 15.9. The predicted molar refractivity (Wildman–Crippen MR) is 104 cm³/mol. The summed E-state index contributed by atoms with van der Waals surface area (Å²) in [6.07, 6.45) is 4.27. The number of ether oxygens (including phenoxy) is 1. The third-order valence-electron chi connectivity index (χ3n) is 5.57. The van der Waals surface area contributed by atoms with Crippen LogP contribution in [-0.4, -0.2) is 35.2 Å². The van der Waals surface area contributed by atoms with Crippen LogP contribution in [0.2, 0.25) is 0 Å². The Balaban J connectivity index is 1.74. The molecule has 0 radical (unpaired) electrons. The Labute approximate surface area is 163 Å². The summed E-state index contributed by atoms with van der Waals surface area (Å²) in [4.78, 5) is 2.01. The standard InChI is InChI=1S/C22H25F2N2O2/c1-16-6-10-18(11-7-16)26-20-5-3-2-4-14-25(20)15-22(26,27)17-8-12-19(13-9-17)28-21(23)24/h6-13,21,27H,2-5,14-15H2,1H3/q+1/t22-/m1/s1. The lowest BCUT2D eigenvalue weighted by Gasteiger charge is -2.29. The van der Waals surface area contributed by atoms with Crippen LogP contribution in [0.25, 0.3) is 0 Å². The van der Waals surface area contributed by atoms with Crippen LogP contribution in [0.1, 0.15) is 36.8 Å². The van der Waals surface area contributed by atoms with Crippen LogP contribution in [0.15, 0.2) is 48.5 Å². The van der Waals surface area contributed by atoms with E-state index < -0.39 is 12.3 Å². The first kappa shape index (κ1) is 18.9. The summed E-state index contributed by atoms with van der Waals surface area (Å²) < 4.78 is 31.6. The number of aliphatic hydroxyl groups is 1. The SMILES string of the molecule is Cc1ccc(N2C3=[N+](CCCCC3)C[C@@]2(O)c2ccc(OC(F)F)cc2)cc1. The van der Waals surface area contributed by atoms with E-state index in [1.807, 2.05) is 36.1 Å². The van der Waals surface area contributed by atoms with E-state index in [0.717, 1.165) is 42.9 Å². The summed E-state index contributed by atoms with van der Waals surface area (Å²) in [7, 11) is 0. The molecule has 0 spiro atoms. The zero-order valence-electron chi connectivity index (χ0n) is 15.9. The van der Waals surface area contributed by atoms with Gasteiger partial charge in [0.15, 0.2) is 6.54 Å². The number of rotatable bonds is 4. The molecule has 1 atom stereocenters. The van der Waals surface area contributed by atoms with Crippen molar-refractivity contribution in [2.75, 3.05) is 18.0 Å². The topological polar surface area (TPSA) is 35.7 Å². The second kappa shape index (κ2) is 7.51. The summed E-state index contributed by atoms with van der Waals surface area (Å²) >= 11 is 0. The third kappa shape index (κ3) is 3.49. The fraction of sp³-hybridized carbons (Fsp3) is 0.409. The first-order chi connectivity index (χ1) is 13.5. The number of benzene rings is 2. The molecule has 6 heteroatoms. The average Bonchev–Trinajstić information content (AvgIpc) is 2.79. The van der Waals surface area contributed by atoms with Crippen molar-refractivity contribution in [3.05, 3.63) is 59.7 Å². The molecule has 2 aliphatic rings. The quantitative estimate of drug-likeness (QED) is 0.797. The van der Waals surface area contributed by atoms with E-state index in [1.54, 1.807) is 12.1 Å². The molecule has 0 aliphatic carbocycles. The number of nitrogens with zero attached hydrogens (tertiary/aromatic N) is 2. The Morgan fingerprint density at radius 3 is 2.43 bits per heavy atom. The molecule has 0 unspecified atom stereocenters. The van der Waals surface area contributed by atoms with E-state index in [4.69, 9.17) is 0 Å². The summed E-state index contributed by atoms with van der Waals surface area (Å²) in [6.45, 7) is 0.530. The molecule has 0 saturated carbocycles. The van der Waals surface area contributed by atoms with Gasteiger partial charge in [-0.05, 0) is 62.6 Å². The van der Waals surface area contributed by atoms with Crippen molar-refractivity contribution < 1.29 is 23.2 Å². The van der Waals surface area contributed by atoms with Crippen molar-refractivity contribution in [2.24, 2.45) is 0 Å². The lowest BCUT2D eigenvalue weighted by molar-refractivity contribution is -0.534. The number of alkyl halides is 2. The number of hydrogen-bond donors (Lipinski definition) is 1. The number of amidine groups is 1. The van der Waals surface area contributed by atoms with Gasteiger partial charge in [0.05, 0.1) is 6.54 Å². The molecule has 2 aliphatic heterocycles. The Bertz CT molecular complexity index is 865. The second-order valence-electron chi connectivity index (χ2n) is 7.54. The largest absolute Gasteiger partial charge is 0.435 e. The first-order valence-corrected chi connectivity index (χ1v) is 9.73. The highest BCUT2D eigenvalue weighted by Gasteiger charge is 2.54. The summed E-state index contributed by atoms with van der Waals surface area (Å²) in [5.74, 6) is 1.21. The zero-order chi connectivity index (χ0) is 19.7. The Kier molecular flexibility index (Phi) is 5.06. The molecule has 148 valence electrons. The van der Waals surface area contributed by atoms with E-state index >= 15 is 0 Å². The van der Waals surface area contributed by atoms with Gasteiger partial charge in [-0.1, -0.05) is 17.7 Å². The van der Waals surface area contributed by atoms with Crippen molar-refractivity contribution in [3.8, 4) is 5.75 Å². The van der Waals surface area contributed by atoms with E-state index in [9.17, 15) is 13.9 Å². The number of halogens is 2. The smallest absolute Gasteiger partial charge is 0.387 e. The summed E-state index contributed by atoms with van der Waals surface area (Å²) in [5.41, 5.74) is 1.49. The molecule has 0 amide bonds. The highest BCUT2D eigenvalue weighted by atomic mass is 19.3. The number of aryl methyl sites for hydroxylation is 1. The van der Waals surface area contributed by atoms with Gasteiger partial charge in [0, 0.05) is 12.0 Å². The Morgan fingerprint density at radius 1 is 1.04 bits per heavy atom. The normalized spacial score (nSPS) is 22.4. The molecule has 4 rings (SSSR count). The van der Waals surface area contributed by atoms with E-state index in [-0.39, 0.29) is 5.75 Å². The van der Waals surface area contributed by atoms with Crippen molar-refractivity contribution in [3.63, 3.8) is 0 Å². The fourth-order valence-electron chi connectivity index (χ4n) is 4.20. The molecule has 0 saturated heterocycles. The van der Waals surface area contributed by atoms with Crippen LogP contribution in [0.5, 0.6) is 5.75 Å². The number of anilines is 1. The maximum Gasteiger partial charge on any atom is 0.387 e. The van der Waals surface area contributed by atoms with Gasteiger partial charge in [-0.15, -0.1) is 0 Å². The van der Waals surface area contributed by atoms with Crippen LogP contribution in [0, 0.1) is 6.92 Å². The molecule has 0 fully saturated rings. The fourth-order valence-corrected chi connectivity index (χ4v) is 4.20. The molecule has 28 heavy (non-hydrogen) atoms. The predicted octanol–water partition coefficient (Wildman–Crippen LogP) is 4.25. The van der Waals surface area contributed by atoms with Crippen LogP contribution in [0.4, 0.5) is 14.5 Å². The van der Waals surface area contributed by atoms with Gasteiger partial charge in [-0.3, -0.25) is 4.58 Å². The highest BCUT2D eigenvalue weighted by molar-refractivity contribution is 5.97. The molecule has 2 aromatic rings. The van der Waals surface area contributed by atoms with Crippen molar-refractivity contribution in [1.82, 2.24) is 0 Å². The minimum absolute atomic E-state index is 0.0874. The highest BCUT2D eigenvalue weighted by Crippen LogP contribution is 2.38. The Morgan fingerprint density at radius 2 is 1.75 bits per heavy atom. The molecule has 4 nitrogen and oxygen atoms in total. The van der Waals surface area contributed by atoms with E-state index in [1.165, 1.54) is 18.6 Å². The van der Waals surface area contributed by atoms with Crippen molar-refractivity contribution in [1.29, 1.82) is 0 Å². The van der Waals surface area contributed by atoms with Gasteiger partial charge in [-0.2, -0.15) is 13.7 Å². The minimum Gasteiger partial charge on any atom is -0.435 e. The van der Waals surface area contributed by atoms with Crippen LogP contribution < -0.4 is 9.64 Å². The molecular formula is C22H25F2N2O2+. The minimum atomic E-state index is -2.86. The maximum absolute atomic E-state index is 12.5. The molecule has 2 heterocycles. The summed E-state index contributed by atoms with van der Waals surface area (Å²) in [6, 6.07) is 14.4. The van der Waals surface area contributed by atoms with Gasteiger partial charge in [0.2, 0.25) is 0 Å². The van der Waals surface area contributed by atoms with Crippen LogP contribution in [0.3, 0.4) is 0 Å². The molecular weight excluding hydrogens is 362 g/mol. The lowest BCUT2D eigenvalue weighted by atomic mass is 9.99. The van der Waals surface area contributed by atoms with Crippen LogP contribution >= 0.6 is 0 Å². The Hall–Kier alpha value is -2.47. The molecule has 0 bridgehead atoms. The molecule has 0 aromatic heterocycles. The molecule has 1 N–H and O–H groups in total.